The van der Waals surface area contributed by atoms with Crippen LogP contribution in [0, 0.1) is 11.6 Å². The number of methoxy groups -OCH3 is 1. The molecular weight excluding hydrogens is 1190 g/mol. The first-order valence-electron chi connectivity index (χ1n) is 30.7. The average Bonchev–Trinajstić information content (AvgIpc) is 1.03. The fourth-order valence-corrected chi connectivity index (χ4v) is 14.8. The lowest BCUT2D eigenvalue weighted by molar-refractivity contribution is 0.0290. The highest BCUT2D eigenvalue weighted by Crippen LogP contribution is 2.29. The zero-order chi connectivity index (χ0) is 64.3. The minimum atomic E-state index is -3.19. The number of piperazine rings is 2. The van der Waals surface area contributed by atoms with Crippen LogP contribution >= 0.6 is 0 Å². The molecule has 0 saturated carbocycles. The van der Waals surface area contributed by atoms with Crippen molar-refractivity contribution in [2.75, 3.05) is 98.8 Å². The largest absolute Gasteiger partial charge is 0.465 e. The number of sulfone groups is 2. The van der Waals surface area contributed by atoms with Crippen molar-refractivity contribution in [3.05, 3.63) is 202 Å². The maximum absolute atomic E-state index is 15.1. The van der Waals surface area contributed by atoms with E-state index in [0.29, 0.717) is 35.5 Å². The summed E-state index contributed by atoms with van der Waals surface area (Å²) in [4.78, 5) is 67.2. The number of hydrogen-bond donors (Lipinski definition) is 1. The lowest BCUT2D eigenvalue weighted by Crippen LogP contribution is -2.55. The first kappa shape index (κ1) is 67.0. The van der Waals surface area contributed by atoms with E-state index in [9.17, 15) is 36.0 Å². The number of carbonyl (C=O) groups is 4. The van der Waals surface area contributed by atoms with Crippen LogP contribution in [0.2, 0.25) is 0 Å². The molecule has 4 saturated heterocycles. The maximum Gasteiger partial charge on any atom is 0.337 e. The Hall–Kier alpha value is -7.44. The Kier molecular flexibility index (Phi) is 22.4. The molecule has 0 unspecified atom stereocenters. The molecule has 4 atom stereocenters. The number of nitrogens with zero attached hydrogens (tertiary/aromatic N) is 8. The zero-order valence-electron chi connectivity index (χ0n) is 52.0. The number of esters is 1. The molecule has 4 heterocycles. The molecule has 18 nitrogen and oxygen atoms in total. The predicted octanol–water partition coefficient (Wildman–Crippen LogP) is 8.48. The lowest BCUT2D eigenvalue weighted by Gasteiger charge is -2.44. The van der Waals surface area contributed by atoms with Crippen LogP contribution in [0.3, 0.4) is 0 Å². The molecule has 4 aliphatic heterocycles. The molecule has 0 aliphatic carbocycles. The van der Waals surface area contributed by atoms with Crippen molar-refractivity contribution >= 4 is 54.9 Å². The van der Waals surface area contributed by atoms with Crippen molar-refractivity contribution in [3.8, 4) is 0 Å². The summed E-state index contributed by atoms with van der Waals surface area (Å²) in [5.41, 5.74) is 12.1. The first-order chi connectivity index (χ1) is 43.0. The molecule has 4 amide bonds. The van der Waals surface area contributed by atoms with Gasteiger partial charge in [0.15, 0.2) is 25.5 Å². The van der Waals surface area contributed by atoms with Crippen LogP contribution < -0.4 is 15.5 Å². The van der Waals surface area contributed by atoms with Gasteiger partial charge >= 0.3 is 18.0 Å². The number of anilines is 2. The Labute approximate surface area is 528 Å². The minimum Gasteiger partial charge on any atom is -0.465 e. The van der Waals surface area contributed by atoms with E-state index in [4.69, 9.17) is 10.5 Å². The third kappa shape index (κ3) is 17.5. The summed E-state index contributed by atoms with van der Waals surface area (Å²) in [5, 5.41) is 0. The van der Waals surface area contributed by atoms with Gasteiger partial charge in [-0.25, -0.2) is 40.0 Å². The molecule has 6 aromatic carbocycles. The number of hydrogen-bond acceptors (Lipinski definition) is 14. The van der Waals surface area contributed by atoms with E-state index in [0.717, 1.165) is 75.6 Å². The van der Waals surface area contributed by atoms with Crippen molar-refractivity contribution in [3.63, 3.8) is 0 Å². The van der Waals surface area contributed by atoms with E-state index in [2.05, 4.69) is 95.8 Å². The van der Waals surface area contributed by atoms with Crippen molar-refractivity contribution in [2.24, 2.45) is 5.73 Å². The Bertz CT molecular complexity index is 3390. The molecule has 4 fully saturated rings. The van der Waals surface area contributed by atoms with E-state index in [1.54, 1.807) is 0 Å². The van der Waals surface area contributed by atoms with Crippen LogP contribution in [-0.4, -0.2) is 183 Å². The summed E-state index contributed by atoms with van der Waals surface area (Å²) in [6.45, 7) is 16.1. The van der Waals surface area contributed by atoms with Gasteiger partial charge in [0.05, 0.1) is 55.3 Å². The number of carbonyl (C=O) groups excluding carboxylic acids is 4. The number of benzene rings is 6. The summed E-state index contributed by atoms with van der Waals surface area (Å²) >= 11 is 0. The number of urea groups is 2. The molecule has 90 heavy (non-hydrogen) atoms. The Balaban J connectivity index is 0.000000213. The molecular formula is C68H83F2N9O9S2. The molecule has 6 aromatic rings. The van der Waals surface area contributed by atoms with Crippen molar-refractivity contribution < 1.29 is 49.5 Å². The van der Waals surface area contributed by atoms with E-state index in [1.165, 1.54) is 62.1 Å². The van der Waals surface area contributed by atoms with Crippen molar-refractivity contribution in [1.82, 2.24) is 29.4 Å². The Morgan fingerprint density at radius 3 is 1.18 bits per heavy atom. The Morgan fingerprint density at radius 2 is 0.833 bits per heavy atom. The molecule has 0 radical (unpaired) electrons. The normalized spacial score (nSPS) is 20.5. The van der Waals surface area contributed by atoms with Gasteiger partial charge in [-0.2, -0.15) is 0 Å². The average molecular weight is 1270 g/mol. The van der Waals surface area contributed by atoms with Crippen LogP contribution in [-0.2, 0) is 63.7 Å². The van der Waals surface area contributed by atoms with E-state index >= 15 is 8.78 Å². The molecule has 0 bridgehead atoms. The van der Waals surface area contributed by atoms with Gasteiger partial charge in [0.25, 0.3) is 0 Å². The number of rotatable bonds is 17. The molecule has 0 aromatic heterocycles. The summed E-state index contributed by atoms with van der Waals surface area (Å²) in [7, 11) is -5.16. The summed E-state index contributed by atoms with van der Waals surface area (Å²) in [6, 6.07) is 45.4. The van der Waals surface area contributed by atoms with E-state index < -0.39 is 49.3 Å². The second-order valence-electron chi connectivity index (χ2n) is 24.2. The molecule has 4 aliphatic rings. The molecule has 22 heteroatoms. The molecule has 2 N–H and O–H groups in total. The smallest absolute Gasteiger partial charge is 0.337 e. The number of nitrogens with two attached hydrogens (primary N) is 1. The quantitative estimate of drug-likeness (QED) is 0.0674. The second-order valence-corrected chi connectivity index (χ2v) is 28.8. The number of Topliss-reactive ketones (excluding diaryl/α,β-unsaturated/α-hetero) is 1. The second kappa shape index (κ2) is 30.1. The van der Waals surface area contributed by atoms with Gasteiger partial charge < -0.3 is 20.3 Å². The third-order valence-corrected chi connectivity index (χ3v) is 20.7. The minimum absolute atomic E-state index is 0.0755. The van der Waals surface area contributed by atoms with Crippen molar-refractivity contribution in [2.45, 2.75) is 91.1 Å². The van der Waals surface area contributed by atoms with Crippen molar-refractivity contribution in [1.29, 1.82) is 0 Å². The third-order valence-electron chi connectivity index (χ3n) is 17.5. The SMILES string of the molecule is COC(=O)c1ccc(CN(C(=O)N2CCS(=O)(=O)CC2)c2ccc(CN3C[C@@H](C)N(Cc4ccccc4)[C@@H](C)C3)cc2)c(F)c1.C[C@@H]1CN(Cc2ccc(N(Cc3ccc(C(=O)CN)cc3F)C(=O)N3CCS(=O)(=O)CC3)cc2)C[C@H](C)N1Cc1ccccc1. The van der Waals surface area contributed by atoms with E-state index in [1.807, 2.05) is 60.7 Å². The highest BCUT2D eigenvalue weighted by molar-refractivity contribution is 7.91. The van der Waals surface area contributed by atoms with Gasteiger partial charge in [0.1, 0.15) is 11.6 Å². The fourth-order valence-electron chi connectivity index (χ4n) is 12.4. The van der Waals surface area contributed by atoms with Crippen LogP contribution in [0.4, 0.5) is 29.7 Å². The Morgan fingerprint density at radius 1 is 0.489 bits per heavy atom. The summed E-state index contributed by atoms with van der Waals surface area (Å²) in [5.74, 6) is -2.70. The monoisotopic (exact) mass is 1270 g/mol. The molecule has 480 valence electrons. The van der Waals surface area contributed by atoms with Gasteiger partial charge in [-0.15, -0.1) is 0 Å². The topological polar surface area (TPSA) is 198 Å². The zero-order valence-corrected chi connectivity index (χ0v) is 53.6. The number of ether oxygens (including phenoxy) is 1. The van der Waals surface area contributed by atoms with Crippen LogP contribution in [0.15, 0.2) is 146 Å². The van der Waals surface area contributed by atoms with Crippen LogP contribution in [0.5, 0.6) is 0 Å². The standard InChI is InChI=1S/C34H42FN5O4S.C34H41FN4O5S/c1-25-20-37(21-26(2)39(25)23-27-6-4-3-5-7-27)22-28-8-12-31(13-9-28)40(34(42)38-14-16-45(43,44)17-15-38)24-30-11-10-29(18-32(30)35)33(41)19-36;1-25-20-36(21-26(2)38(25)23-27-7-5-4-6-8-27)22-28-9-13-31(14-10-28)39(34(41)37-15-17-45(42,43)18-16-37)24-30-12-11-29(19-32(30)35)33(40)44-3/h3-13,18,25-26H,14-17,19-24,36H2,1-2H3;4-14,19,25-26H,15-18,20-24H2,1-3H3/t2*25-,26+. The molecule has 0 spiro atoms. The van der Waals surface area contributed by atoms with Gasteiger partial charge in [0, 0.05) is 131 Å². The summed E-state index contributed by atoms with van der Waals surface area (Å²) in [6.07, 6.45) is 0. The van der Waals surface area contributed by atoms with Gasteiger partial charge in [-0.3, -0.25) is 34.2 Å². The van der Waals surface area contributed by atoms with Crippen LogP contribution in [0.1, 0.15) is 81.8 Å². The van der Waals surface area contributed by atoms with E-state index in [-0.39, 0.29) is 96.9 Å². The summed E-state index contributed by atoms with van der Waals surface area (Å²) < 4.78 is 83.0. The molecule has 10 rings (SSSR count). The van der Waals surface area contributed by atoms with Crippen LogP contribution in [0.25, 0.3) is 0 Å². The highest BCUT2D eigenvalue weighted by atomic mass is 32.2. The predicted molar refractivity (Wildman–Crippen MR) is 346 cm³/mol. The number of ketones is 1. The van der Waals surface area contributed by atoms with Gasteiger partial charge in [-0.1, -0.05) is 103 Å². The number of halogens is 2. The van der Waals surface area contributed by atoms with Gasteiger partial charge in [-0.05, 0) is 92.4 Å². The number of amides is 4. The highest BCUT2D eigenvalue weighted by Gasteiger charge is 2.34. The fraction of sp³-hybridized carbons (Fsp3) is 0.412. The maximum atomic E-state index is 15.1. The first-order valence-corrected chi connectivity index (χ1v) is 34.3. The van der Waals surface area contributed by atoms with Gasteiger partial charge in [0.2, 0.25) is 0 Å². The lowest BCUT2D eigenvalue weighted by atomic mass is 10.0.